The maximum absolute atomic E-state index is 12.0. The summed E-state index contributed by atoms with van der Waals surface area (Å²) in [5.41, 5.74) is 2.35. The first-order valence-electron chi connectivity index (χ1n) is 9.09. The molecule has 2 rings (SSSR count). The minimum atomic E-state index is -0.562. The summed E-state index contributed by atoms with van der Waals surface area (Å²) in [6.45, 7) is 6.37. The van der Waals surface area contributed by atoms with Crippen molar-refractivity contribution in [2.24, 2.45) is 0 Å². The van der Waals surface area contributed by atoms with Gasteiger partial charge in [-0.25, -0.2) is 0 Å². The molecule has 0 saturated carbocycles. The van der Waals surface area contributed by atoms with Crippen molar-refractivity contribution in [1.29, 1.82) is 0 Å². The van der Waals surface area contributed by atoms with E-state index in [9.17, 15) is 9.59 Å². The van der Waals surface area contributed by atoms with Gasteiger partial charge in [0.1, 0.15) is 6.04 Å². The summed E-state index contributed by atoms with van der Waals surface area (Å²) in [4.78, 5) is 27.4. The molecule has 138 valence electrons. The zero-order chi connectivity index (χ0) is 18.4. The summed E-state index contributed by atoms with van der Waals surface area (Å²) in [6, 6.07) is 8.60. The fourth-order valence-corrected chi connectivity index (χ4v) is 3.28. The predicted octanol–water partition coefficient (Wildman–Crippen LogP) is 0.113. The van der Waals surface area contributed by atoms with Crippen LogP contribution >= 0.6 is 0 Å². The van der Waals surface area contributed by atoms with Crippen molar-refractivity contribution in [3.8, 4) is 0 Å². The Hall–Kier alpha value is -2.08. The Morgan fingerprint density at radius 2 is 1.68 bits per heavy atom. The summed E-state index contributed by atoms with van der Waals surface area (Å²) in [5, 5.41) is 5.45. The lowest BCUT2D eigenvalue weighted by Gasteiger charge is -2.26. The third-order valence-corrected chi connectivity index (χ3v) is 4.64. The summed E-state index contributed by atoms with van der Waals surface area (Å²) in [5.74, 6) is -1.12. The molecule has 1 aromatic rings. The van der Waals surface area contributed by atoms with Crippen molar-refractivity contribution in [3.05, 3.63) is 29.8 Å². The SMILES string of the molecule is CC(C)NC(=O)C(=O)NC[C@H](c1ccc(N(C)C)cc1)[NH+]1CCCC1. The number of nitrogens with zero attached hydrogens (tertiary/aromatic N) is 1. The van der Waals surface area contributed by atoms with Gasteiger partial charge >= 0.3 is 11.8 Å². The molecule has 2 amide bonds. The standard InChI is InChI=1S/C19H30N4O2/c1-14(2)21-19(25)18(24)20-13-17(23-11-5-6-12-23)15-7-9-16(10-8-15)22(3)4/h7-10,14,17H,5-6,11-13H2,1-4H3,(H,20,24)(H,21,25)/p+1/t17-/m1/s1. The number of hydrogen-bond acceptors (Lipinski definition) is 3. The molecule has 3 N–H and O–H groups in total. The summed E-state index contributed by atoms with van der Waals surface area (Å²) in [7, 11) is 4.04. The van der Waals surface area contributed by atoms with E-state index in [1.807, 2.05) is 27.9 Å². The lowest BCUT2D eigenvalue weighted by Crippen LogP contribution is -3.11. The fraction of sp³-hybridized carbons (Fsp3) is 0.579. The number of likely N-dealkylation sites (tertiary alicyclic amines) is 1. The summed E-state index contributed by atoms with van der Waals surface area (Å²) < 4.78 is 0. The Kier molecular flexibility index (Phi) is 6.82. The molecule has 1 aliphatic heterocycles. The molecule has 6 nitrogen and oxygen atoms in total. The molecule has 25 heavy (non-hydrogen) atoms. The van der Waals surface area contributed by atoms with Gasteiger partial charge in [-0.2, -0.15) is 0 Å². The molecule has 0 spiro atoms. The molecular formula is C19H31N4O2+. The Morgan fingerprint density at radius 1 is 1.08 bits per heavy atom. The van der Waals surface area contributed by atoms with Crippen molar-refractivity contribution in [3.63, 3.8) is 0 Å². The number of anilines is 1. The Balaban J connectivity index is 2.06. The maximum atomic E-state index is 12.0. The van der Waals surface area contributed by atoms with Crippen LogP contribution in [0.3, 0.4) is 0 Å². The van der Waals surface area contributed by atoms with E-state index in [1.165, 1.54) is 23.3 Å². The van der Waals surface area contributed by atoms with Crippen LogP contribution in [-0.4, -0.2) is 51.6 Å². The van der Waals surface area contributed by atoms with E-state index in [1.54, 1.807) is 0 Å². The number of carbonyl (C=O) groups is 2. The van der Waals surface area contributed by atoms with E-state index in [0.29, 0.717) is 6.54 Å². The summed E-state index contributed by atoms with van der Waals surface area (Å²) in [6.07, 6.45) is 2.42. The maximum Gasteiger partial charge on any atom is 0.309 e. The molecule has 0 aliphatic carbocycles. The molecule has 0 bridgehead atoms. The van der Waals surface area contributed by atoms with E-state index < -0.39 is 11.8 Å². The number of nitrogens with one attached hydrogen (secondary N) is 3. The van der Waals surface area contributed by atoms with Crippen molar-refractivity contribution >= 4 is 17.5 Å². The average Bonchev–Trinajstić information content (AvgIpc) is 3.09. The molecule has 1 saturated heterocycles. The molecule has 1 fully saturated rings. The smallest absolute Gasteiger partial charge is 0.309 e. The molecule has 1 aliphatic rings. The zero-order valence-corrected chi connectivity index (χ0v) is 15.8. The number of benzene rings is 1. The van der Waals surface area contributed by atoms with Crippen LogP contribution in [0.2, 0.25) is 0 Å². The second-order valence-corrected chi connectivity index (χ2v) is 7.24. The van der Waals surface area contributed by atoms with Gasteiger partial charge in [0.2, 0.25) is 0 Å². The van der Waals surface area contributed by atoms with E-state index in [2.05, 4.69) is 39.8 Å². The topological polar surface area (TPSA) is 65.9 Å². The van der Waals surface area contributed by atoms with Gasteiger partial charge in [0.05, 0.1) is 19.6 Å². The van der Waals surface area contributed by atoms with Crippen LogP contribution in [0.5, 0.6) is 0 Å². The van der Waals surface area contributed by atoms with Crippen LogP contribution in [0.1, 0.15) is 38.3 Å². The Morgan fingerprint density at radius 3 is 2.20 bits per heavy atom. The van der Waals surface area contributed by atoms with Crippen LogP contribution < -0.4 is 20.4 Å². The number of amides is 2. The molecule has 0 aromatic heterocycles. The molecule has 1 heterocycles. The molecule has 0 unspecified atom stereocenters. The molecule has 0 radical (unpaired) electrons. The van der Waals surface area contributed by atoms with Crippen molar-refractivity contribution in [1.82, 2.24) is 10.6 Å². The highest BCUT2D eigenvalue weighted by Gasteiger charge is 2.28. The minimum absolute atomic E-state index is 0.0446. The van der Waals surface area contributed by atoms with Crippen LogP contribution in [0.4, 0.5) is 5.69 Å². The van der Waals surface area contributed by atoms with E-state index in [0.717, 1.165) is 18.8 Å². The van der Waals surface area contributed by atoms with Crippen molar-refractivity contribution in [2.75, 3.05) is 38.6 Å². The zero-order valence-electron chi connectivity index (χ0n) is 15.8. The van der Waals surface area contributed by atoms with Crippen molar-refractivity contribution in [2.45, 2.75) is 38.8 Å². The number of quaternary nitrogens is 1. The van der Waals surface area contributed by atoms with E-state index >= 15 is 0 Å². The first kappa shape index (κ1) is 19.2. The first-order valence-corrected chi connectivity index (χ1v) is 9.09. The number of rotatable bonds is 6. The molecular weight excluding hydrogens is 316 g/mol. The van der Waals surface area contributed by atoms with Gasteiger partial charge in [-0.3, -0.25) is 9.59 Å². The van der Waals surface area contributed by atoms with E-state index in [4.69, 9.17) is 0 Å². The van der Waals surface area contributed by atoms with Gasteiger partial charge in [0, 0.05) is 44.2 Å². The highest BCUT2D eigenvalue weighted by molar-refractivity contribution is 6.35. The quantitative estimate of drug-likeness (QED) is 0.640. The van der Waals surface area contributed by atoms with Gasteiger partial charge in [-0.05, 0) is 26.0 Å². The number of carbonyl (C=O) groups excluding carboxylic acids is 2. The first-order chi connectivity index (χ1) is 11.9. The largest absolute Gasteiger partial charge is 0.378 e. The van der Waals surface area contributed by atoms with Crippen LogP contribution in [-0.2, 0) is 9.59 Å². The van der Waals surface area contributed by atoms with Crippen LogP contribution in [0, 0.1) is 0 Å². The second-order valence-electron chi connectivity index (χ2n) is 7.24. The monoisotopic (exact) mass is 347 g/mol. The third-order valence-electron chi connectivity index (χ3n) is 4.64. The summed E-state index contributed by atoms with van der Waals surface area (Å²) >= 11 is 0. The van der Waals surface area contributed by atoms with Gasteiger partial charge in [-0.15, -0.1) is 0 Å². The van der Waals surface area contributed by atoms with E-state index in [-0.39, 0.29) is 12.1 Å². The van der Waals surface area contributed by atoms with Gasteiger partial charge in [0.15, 0.2) is 0 Å². The average molecular weight is 347 g/mol. The van der Waals surface area contributed by atoms with Gasteiger partial charge in [0.25, 0.3) is 0 Å². The van der Waals surface area contributed by atoms with Gasteiger partial charge < -0.3 is 20.4 Å². The molecule has 1 atom stereocenters. The van der Waals surface area contributed by atoms with Gasteiger partial charge in [-0.1, -0.05) is 12.1 Å². The normalized spacial score (nSPS) is 15.9. The highest BCUT2D eigenvalue weighted by Crippen LogP contribution is 2.17. The van der Waals surface area contributed by atoms with Crippen LogP contribution in [0.25, 0.3) is 0 Å². The van der Waals surface area contributed by atoms with Crippen molar-refractivity contribution < 1.29 is 14.5 Å². The minimum Gasteiger partial charge on any atom is -0.378 e. The fourth-order valence-electron chi connectivity index (χ4n) is 3.28. The molecule has 1 aromatic carbocycles. The Labute approximate surface area is 150 Å². The second kappa shape index (κ2) is 8.85. The highest BCUT2D eigenvalue weighted by atomic mass is 16.2. The molecule has 6 heteroatoms. The third kappa shape index (κ3) is 5.46. The Bertz CT molecular complexity index is 578. The predicted molar refractivity (Wildman–Crippen MR) is 99.7 cm³/mol. The number of hydrogen-bond donors (Lipinski definition) is 3. The van der Waals surface area contributed by atoms with Crippen LogP contribution in [0.15, 0.2) is 24.3 Å². The lowest BCUT2D eigenvalue weighted by atomic mass is 10.0. The lowest BCUT2D eigenvalue weighted by molar-refractivity contribution is -0.918.